The van der Waals surface area contributed by atoms with Gasteiger partial charge in [0.15, 0.2) is 23.1 Å². The highest BCUT2D eigenvalue weighted by Gasteiger charge is 2.56. The molecule has 10 heteroatoms. The summed E-state index contributed by atoms with van der Waals surface area (Å²) in [5, 5.41) is 10.5. The standard InChI is InChI=1S/C26H22Br3NO6/c1-3-6-30-25(34)11-5-4-10-12(19(11)26(30)35)7-14-20(16(31)9-15(27)23(14)32)18(10)13-8-17(36-2)24(33)22(29)21(13)28/h4,8-9,11-12,18-19,33H,3,5-7H2,1-2H3/t11-,12+,18+,19-/m0/s1. The highest BCUT2D eigenvalue weighted by atomic mass is 79.9. The number of phenols is 1. The second kappa shape index (κ2) is 9.36. The lowest BCUT2D eigenvalue weighted by molar-refractivity contribution is -0.140. The molecule has 188 valence electrons. The molecule has 36 heavy (non-hydrogen) atoms. The van der Waals surface area contributed by atoms with Crippen LogP contribution in [0.4, 0.5) is 0 Å². The molecule has 1 N–H and O–H groups in total. The topological polar surface area (TPSA) is 101 Å². The van der Waals surface area contributed by atoms with E-state index in [1.165, 1.54) is 18.1 Å². The first-order valence-corrected chi connectivity index (χ1v) is 14.0. The van der Waals surface area contributed by atoms with Crippen molar-refractivity contribution in [2.75, 3.05) is 13.7 Å². The molecule has 0 radical (unpaired) electrons. The average molecular weight is 684 g/mol. The fourth-order valence-corrected chi connectivity index (χ4v) is 7.45. The van der Waals surface area contributed by atoms with Gasteiger partial charge in [0.05, 0.1) is 27.9 Å². The molecule has 0 unspecified atom stereocenters. The number of hydrogen-bond donors (Lipinski definition) is 1. The predicted octanol–water partition coefficient (Wildman–Crippen LogP) is 5.10. The summed E-state index contributed by atoms with van der Waals surface area (Å²) < 4.78 is 6.41. The number of ether oxygens (including phenoxy) is 1. The molecule has 0 saturated carbocycles. The van der Waals surface area contributed by atoms with E-state index in [0.29, 0.717) is 45.0 Å². The normalized spacial score (nSPS) is 27.5. The van der Waals surface area contributed by atoms with Gasteiger partial charge in [-0.25, -0.2) is 0 Å². The van der Waals surface area contributed by atoms with Gasteiger partial charge in [-0.3, -0.25) is 24.1 Å². The molecule has 1 fully saturated rings. The number of allylic oxidation sites excluding steroid dienone is 6. The van der Waals surface area contributed by atoms with Gasteiger partial charge in [0.25, 0.3) is 0 Å². The zero-order valence-electron chi connectivity index (χ0n) is 19.4. The van der Waals surface area contributed by atoms with Crippen molar-refractivity contribution in [1.29, 1.82) is 0 Å². The van der Waals surface area contributed by atoms with Crippen LogP contribution in [0.15, 0.2) is 48.4 Å². The maximum atomic E-state index is 13.5. The Hall–Kier alpha value is -2.04. The number of ketones is 2. The van der Waals surface area contributed by atoms with Gasteiger partial charge in [-0.1, -0.05) is 18.6 Å². The molecular weight excluding hydrogens is 662 g/mol. The van der Waals surface area contributed by atoms with E-state index in [9.17, 15) is 24.3 Å². The number of fused-ring (bicyclic) bond motifs is 3. The monoisotopic (exact) mass is 681 g/mol. The predicted molar refractivity (Wildman–Crippen MR) is 142 cm³/mol. The first kappa shape index (κ1) is 25.6. The molecule has 0 aromatic heterocycles. The minimum absolute atomic E-state index is 0.104. The molecule has 5 rings (SSSR count). The Morgan fingerprint density at radius 3 is 2.47 bits per heavy atom. The molecule has 0 bridgehead atoms. The fraction of sp³-hybridized carbons (Fsp3) is 0.385. The van der Waals surface area contributed by atoms with Crippen LogP contribution >= 0.6 is 47.8 Å². The lowest BCUT2D eigenvalue weighted by Crippen LogP contribution is -2.39. The SMILES string of the molecule is CCCN1C(=O)[C@H]2[C@H](CC=C3[C@H](c4cc(OC)c(O)c(Br)c4Br)C4=C(C[C@H]32)C(=O)C(Br)=CC4=O)C1=O. The van der Waals surface area contributed by atoms with Gasteiger partial charge in [0.1, 0.15) is 0 Å². The van der Waals surface area contributed by atoms with E-state index < -0.39 is 23.7 Å². The number of phenolic OH excluding ortho intramolecular Hbond substituents is 1. The summed E-state index contributed by atoms with van der Waals surface area (Å²) in [5.41, 5.74) is 2.16. The van der Waals surface area contributed by atoms with Crippen molar-refractivity contribution in [2.24, 2.45) is 17.8 Å². The van der Waals surface area contributed by atoms with Gasteiger partial charge in [0, 0.05) is 34.2 Å². The Morgan fingerprint density at radius 1 is 1.08 bits per heavy atom. The molecular formula is C26H22Br3NO6. The van der Waals surface area contributed by atoms with Crippen molar-refractivity contribution in [1.82, 2.24) is 4.90 Å². The summed E-state index contributed by atoms with van der Waals surface area (Å²) in [7, 11) is 1.43. The van der Waals surface area contributed by atoms with Gasteiger partial charge in [-0.05, 0) is 84.6 Å². The molecule has 0 spiro atoms. The number of hydrogen-bond acceptors (Lipinski definition) is 6. The van der Waals surface area contributed by atoms with Crippen LogP contribution in [-0.4, -0.2) is 47.0 Å². The van der Waals surface area contributed by atoms with Crippen molar-refractivity contribution in [3.05, 3.63) is 53.9 Å². The molecule has 3 aliphatic carbocycles. The van der Waals surface area contributed by atoms with Gasteiger partial charge in [-0.15, -0.1) is 0 Å². The van der Waals surface area contributed by atoms with Gasteiger partial charge < -0.3 is 9.84 Å². The average Bonchev–Trinajstić information content (AvgIpc) is 3.10. The molecule has 7 nitrogen and oxygen atoms in total. The number of aromatic hydroxyl groups is 1. The molecule has 1 saturated heterocycles. The fourth-order valence-electron chi connectivity index (χ4n) is 6.05. The number of carbonyl (C=O) groups excluding carboxylic acids is 4. The molecule has 4 aliphatic rings. The van der Waals surface area contributed by atoms with E-state index in [0.717, 1.165) is 5.57 Å². The third-order valence-electron chi connectivity index (χ3n) is 7.57. The molecule has 2 amide bonds. The number of methoxy groups -OCH3 is 1. The van der Waals surface area contributed by atoms with Crippen molar-refractivity contribution in [3.63, 3.8) is 0 Å². The molecule has 1 heterocycles. The van der Waals surface area contributed by atoms with Gasteiger partial charge in [0.2, 0.25) is 11.8 Å². The number of Topliss-reactive ketones (excluding diaryl/α,β-unsaturated/α-hetero) is 1. The summed E-state index contributed by atoms with van der Waals surface area (Å²) >= 11 is 10.2. The molecule has 1 aliphatic heterocycles. The highest BCUT2D eigenvalue weighted by Crippen LogP contribution is 2.57. The number of rotatable bonds is 4. The van der Waals surface area contributed by atoms with Gasteiger partial charge >= 0.3 is 0 Å². The second-order valence-corrected chi connectivity index (χ2v) is 11.8. The van der Waals surface area contributed by atoms with E-state index in [1.54, 1.807) is 6.07 Å². The van der Waals surface area contributed by atoms with Crippen LogP contribution in [0.25, 0.3) is 0 Å². The zero-order valence-corrected chi connectivity index (χ0v) is 24.2. The highest BCUT2D eigenvalue weighted by molar-refractivity contribution is 9.13. The van der Waals surface area contributed by atoms with E-state index in [4.69, 9.17) is 4.74 Å². The Balaban J connectivity index is 1.74. The number of imide groups is 1. The maximum absolute atomic E-state index is 13.5. The summed E-state index contributed by atoms with van der Waals surface area (Å²) in [6.45, 7) is 2.28. The van der Waals surface area contributed by atoms with Crippen LogP contribution in [0.5, 0.6) is 11.5 Å². The van der Waals surface area contributed by atoms with E-state index in [1.807, 2.05) is 13.0 Å². The minimum Gasteiger partial charge on any atom is -0.503 e. The van der Waals surface area contributed by atoms with Crippen molar-refractivity contribution < 1.29 is 29.0 Å². The number of benzene rings is 1. The van der Waals surface area contributed by atoms with Crippen LogP contribution in [0.1, 0.15) is 37.7 Å². The van der Waals surface area contributed by atoms with Crippen molar-refractivity contribution >= 4 is 71.2 Å². The Morgan fingerprint density at radius 2 is 1.81 bits per heavy atom. The van der Waals surface area contributed by atoms with Crippen LogP contribution in [0.2, 0.25) is 0 Å². The van der Waals surface area contributed by atoms with Gasteiger partial charge in [-0.2, -0.15) is 0 Å². The lowest BCUT2D eigenvalue weighted by atomic mass is 9.59. The van der Waals surface area contributed by atoms with Crippen molar-refractivity contribution in [2.45, 2.75) is 32.1 Å². The summed E-state index contributed by atoms with van der Waals surface area (Å²) in [5.74, 6) is -2.99. The number of likely N-dealkylation sites (tertiary alicyclic amines) is 1. The van der Waals surface area contributed by atoms with Crippen LogP contribution < -0.4 is 4.74 Å². The third-order valence-corrected chi connectivity index (χ3v) is 10.3. The number of halogens is 3. The summed E-state index contributed by atoms with van der Waals surface area (Å²) in [6.07, 6.45) is 4.51. The summed E-state index contributed by atoms with van der Waals surface area (Å²) in [6, 6.07) is 1.64. The molecule has 1 aromatic rings. The van der Waals surface area contributed by atoms with E-state index in [-0.39, 0.29) is 45.8 Å². The maximum Gasteiger partial charge on any atom is 0.233 e. The Bertz CT molecular complexity index is 1340. The van der Waals surface area contributed by atoms with Crippen molar-refractivity contribution in [3.8, 4) is 11.5 Å². The minimum atomic E-state index is -0.656. The first-order chi connectivity index (χ1) is 17.1. The number of nitrogens with zero attached hydrogens (tertiary/aromatic N) is 1. The van der Waals surface area contributed by atoms with Crippen LogP contribution in [-0.2, 0) is 19.2 Å². The summed E-state index contributed by atoms with van der Waals surface area (Å²) in [4.78, 5) is 54.6. The Labute approximate surface area is 233 Å². The van der Waals surface area contributed by atoms with Crippen LogP contribution in [0.3, 0.4) is 0 Å². The molecule has 4 atom stereocenters. The lowest BCUT2D eigenvalue weighted by Gasteiger charge is -2.42. The number of amides is 2. The van der Waals surface area contributed by atoms with E-state index in [2.05, 4.69) is 47.8 Å². The first-order valence-electron chi connectivity index (χ1n) is 11.6. The smallest absolute Gasteiger partial charge is 0.233 e. The quantitative estimate of drug-likeness (QED) is 0.270. The van der Waals surface area contributed by atoms with Crippen LogP contribution in [0, 0.1) is 17.8 Å². The molecule has 1 aromatic carbocycles. The third kappa shape index (κ3) is 3.62. The Kier molecular flexibility index (Phi) is 6.66. The number of carbonyl (C=O) groups is 4. The second-order valence-electron chi connectivity index (χ2n) is 9.37. The zero-order chi connectivity index (χ0) is 26.0. The largest absolute Gasteiger partial charge is 0.503 e. The van der Waals surface area contributed by atoms with E-state index >= 15 is 0 Å².